The molecule has 0 spiro atoms. The summed E-state index contributed by atoms with van der Waals surface area (Å²) in [6.45, 7) is 2.95. The highest BCUT2D eigenvalue weighted by molar-refractivity contribution is 5.95. The maximum absolute atomic E-state index is 12.6. The molecular weight excluding hydrogens is 266 g/mol. The van der Waals surface area contributed by atoms with Gasteiger partial charge >= 0.3 is 5.97 Å². The molecule has 1 N–H and O–H groups in total. The van der Waals surface area contributed by atoms with Crippen molar-refractivity contribution < 1.29 is 14.7 Å². The van der Waals surface area contributed by atoms with E-state index in [1.54, 1.807) is 24.3 Å². The predicted octanol–water partition coefficient (Wildman–Crippen LogP) is 3.19. The van der Waals surface area contributed by atoms with Crippen LogP contribution in [0.2, 0.25) is 0 Å². The van der Waals surface area contributed by atoms with Crippen LogP contribution in [0.1, 0.15) is 48.5 Å². The highest BCUT2D eigenvalue weighted by Gasteiger charge is 2.25. The third-order valence-electron chi connectivity index (χ3n) is 3.94. The number of carboxylic acid groups (broad SMARTS) is 1. The van der Waals surface area contributed by atoms with Gasteiger partial charge in [0.1, 0.15) is 0 Å². The summed E-state index contributed by atoms with van der Waals surface area (Å²) in [7, 11) is 0. The standard InChI is InChI=1S/C17H21NO3/c1-2-15-5-3-4-12-18(15)17(21)14-9-6-13(7-10-14)8-11-16(19)20/h6-11,15H,2-5,12H2,1H3,(H,19,20). The fourth-order valence-electron chi connectivity index (χ4n) is 2.76. The number of hydrogen-bond donors (Lipinski definition) is 1. The molecule has 0 aliphatic carbocycles. The molecule has 1 unspecified atom stereocenters. The topological polar surface area (TPSA) is 57.6 Å². The van der Waals surface area contributed by atoms with Crippen LogP contribution in [0.5, 0.6) is 0 Å². The molecule has 1 heterocycles. The van der Waals surface area contributed by atoms with Gasteiger partial charge in [0.2, 0.25) is 0 Å². The minimum Gasteiger partial charge on any atom is -0.478 e. The maximum Gasteiger partial charge on any atom is 0.328 e. The third kappa shape index (κ3) is 3.94. The Morgan fingerprint density at radius 2 is 2.00 bits per heavy atom. The second-order valence-corrected chi connectivity index (χ2v) is 5.35. The molecule has 4 heteroatoms. The summed E-state index contributed by atoms with van der Waals surface area (Å²) in [6, 6.07) is 7.43. The normalized spacial score (nSPS) is 18.9. The number of nitrogens with zero attached hydrogens (tertiary/aromatic N) is 1. The number of carbonyl (C=O) groups is 2. The summed E-state index contributed by atoms with van der Waals surface area (Å²) < 4.78 is 0. The summed E-state index contributed by atoms with van der Waals surface area (Å²) >= 11 is 0. The molecule has 1 amide bonds. The molecule has 0 bridgehead atoms. The van der Waals surface area contributed by atoms with E-state index < -0.39 is 5.97 Å². The van der Waals surface area contributed by atoms with Gasteiger partial charge < -0.3 is 10.0 Å². The van der Waals surface area contributed by atoms with E-state index >= 15 is 0 Å². The van der Waals surface area contributed by atoms with Crippen LogP contribution < -0.4 is 0 Å². The molecule has 1 aliphatic heterocycles. The maximum atomic E-state index is 12.6. The zero-order chi connectivity index (χ0) is 15.2. The van der Waals surface area contributed by atoms with E-state index in [-0.39, 0.29) is 5.91 Å². The number of piperidine rings is 1. The van der Waals surface area contributed by atoms with Gasteiger partial charge in [-0.05, 0) is 49.5 Å². The van der Waals surface area contributed by atoms with Crippen molar-refractivity contribution in [3.8, 4) is 0 Å². The van der Waals surface area contributed by atoms with Crippen molar-refractivity contribution in [2.75, 3.05) is 6.54 Å². The lowest BCUT2D eigenvalue weighted by atomic mass is 9.98. The molecule has 1 aliphatic rings. The van der Waals surface area contributed by atoms with Crippen molar-refractivity contribution in [2.45, 2.75) is 38.6 Å². The molecule has 0 aromatic heterocycles. The third-order valence-corrected chi connectivity index (χ3v) is 3.94. The fourth-order valence-corrected chi connectivity index (χ4v) is 2.76. The highest BCUT2D eigenvalue weighted by Crippen LogP contribution is 2.22. The van der Waals surface area contributed by atoms with Crippen molar-refractivity contribution in [3.63, 3.8) is 0 Å². The number of carboxylic acids is 1. The Morgan fingerprint density at radius 3 is 2.62 bits per heavy atom. The Bertz CT molecular complexity index is 533. The highest BCUT2D eigenvalue weighted by atomic mass is 16.4. The largest absolute Gasteiger partial charge is 0.478 e. The van der Waals surface area contributed by atoms with Crippen LogP contribution >= 0.6 is 0 Å². The first-order chi connectivity index (χ1) is 10.1. The van der Waals surface area contributed by atoms with E-state index in [1.807, 2.05) is 4.90 Å². The summed E-state index contributed by atoms with van der Waals surface area (Å²) in [4.78, 5) is 25.0. The van der Waals surface area contributed by atoms with E-state index in [0.29, 0.717) is 11.6 Å². The van der Waals surface area contributed by atoms with Gasteiger partial charge in [-0.3, -0.25) is 4.79 Å². The second-order valence-electron chi connectivity index (χ2n) is 5.35. The predicted molar refractivity (Wildman–Crippen MR) is 82.1 cm³/mol. The van der Waals surface area contributed by atoms with Crippen LogP contribution in [-0.4, -0.2) is 34.5 Å². The zero-order valence-electron chi connectivity index (χ0n) is 12.3. The smallest absolute Gasteiger partial charge is 0.328 e. The van der Waals surface area contributed by atoms with Crippen LogP contribution in [0.25, 0.3) is 6.08 Å². The van der Waals surface area contributed by atoms with Gasteiger partial charge in [-0.15, -0.1) is 0 Å². The van der Waals surface area contributed by atoms with Crippen LogP contribution in [0.4, 0.5) is 0 Å². The van der Waals surface area contributed by atoms with Gasteiger partial charge in [0.15, 0.2) is 0 Å². The first-order valence-electron chi connectivity index (χ1n) is 7.44. The lowest BCUT2D eigenvalue weighted by Gasteiger charge is -2.35. The molecule has 2 rings (SSSR count). The number of aliphatic carboxylic acids is 1. The van der Waals surface area contributed by atoms with Crippen molar-refractivity contribution >= 4 is 18.0 Å². The molecule has 1 fully saturated rings. The van der Waals surface area contributed by atoms with Crippen molar-refractivity contribution in [2.24, 2.45) is 0 Å². The van der Waals surface area contributed by atoms with E-state index in [4.69, 9.17) is 5.11 Å². The van der Waals surface area contributed by atoms with Crippen molar-refractivity contribution in [3.05, 3.63) is 41.5 Å². The monoisotopic (exact) mass is 287 g/mol. The Hall–Kier alpha value is -2.10. The Labute approximate surface area is 125 Å². The Morgan fingerprint density at radius 1 is 1.29 bits per heavy atom. The van der Waals surface area contributed by atoms with Crippen LogP contribution in [0.3, 0.4) is 0 Å². The molecule has 112 valence electrons. The number of rotatable bonds is 4. The van der Waals surface area contributed by atoms with Gasteiger partial charge in [-0.2, -0.15) is 0 Å². The number of carbonyl (C=O) groups excluding carboxylic acids is 1. The summed E-state index contributed by atoms with van der Waals surface area (Å²) in [6.07, 6.45) is 6.95. The number of hydrogen-bond acceptors (Lipinski definition) is 2. The van der Waals surface area contributed by atoms with E-state index in [1.165, 1.54) is 12.5 Å². The van der Waals surface area contributed by atoms with Gasteiger partial charge in [0, 0.05) is 24.2 Å². The number of likely N-dealkylation sites (tertiary alicyclic amines) is 1. The van der Waals surface area contributed by atoms with Gasteiger partial charge in [-0.25, -0.2) is 4.79 Å². The summed E-state index contributed by atoms with van der Waals surface area (Å²) in [5.74, 6) is -0.899. The van der Waals surface area contributed by atoms with Crippen LogP contribution in [-0.2, 0) is 4.79 Å². The van der Waals surface area contributed by atoms with E-state index in [2.05, 4.69) is 6.92 Å². The van der Waals surface area contributed by atoms with Crippen LogP contribution in [0, 0.1) is 0 Å². The van der Waals surface area contributed by atoms with Crippen molar-refractivity contribution in [1.29, 1.82) is 0 Å². The van der Waals surface area contributed by atoms with Crippen molar-refractivity contribution in [1.82, 2.24) is 4.90 Å². The lowest BCUT2D eigenvalue weighted by molar-refractivity contribution is -0.131. The average Bonchev–Trinajstić information content (AvgIpc) is 2.52. The second kappa shape index (κ2) is 7.07. The fraction of sp³-hybridized carbons (Fsp3) is 0.412. The molecule has 1 aromatic rings. The quantitative estimate of drug-likeness (QED) is 0.865. The van der Waals surface area contributed by atoms with E-state index in [0.717, 1.165) is 37.4 Å². The zero-order valence-corrected chi connectivity index (χ0v) is 12.3. The molecular formula is C17H21NO3. The SMILES string of the molecule is CCC1CCCCN1C(=O)c1ccc(C=CC(=O)O)cc1. The molecule has 1 aromatic carbocycles. The first kappa shape index (κ1) is 15.3. The van der Waals surface area contributed by atoms with Gasteiger partial charge in [-0.1, -0.05) is 19.1 Å². The molecule has 4 nitrogen and oxygen atoms in total. The molecule has 1 atom stereocenters. The Kier molecular flexibility index (Phi) is 5.14. The number of benzene rings is 1. The molecule has 0 radical (unpaired) electrons. The molecule has 0 saturated carbocycles. The first-order valence-corrected chi connectivity index (χ1v) is 7.44. The molecule has 1 saturated heterocycles. The average molecular weight is 287 g/mol. The minimum absolute atomic E-state index is 0.0790. The Balaban J connectivity index is 2.10. The summed E-state index contributed by atoms with van der Waals surface area (Å²) in [5.41, 5.74) is 1.45. The van der Waals surface area contributed by atoms with Gasteiger partial charge in [0.25, 0.3) is 5.91 Å². The number of amides is 1. The summed E-state index contributed by atoms with van der Waals surface area (Å²) in [5, 5.41) is 8.60. The lowest BCUT2D eigenvalue weighted by Crippen LogP contribution is -2.43. The molecule has 21 heavy (non-hydrogen) atoms. The van der Waals surface area contributed by atoms with E-state index in [9.17, 15) is 9.59 Å². The van der Waals surface area contributed by atoms with Crippen LogP contribution in [0.15, 0.2) is 30.3 Å². The minimum atomic E-state index is -0.978. The van der Waals surface area contributed by atoms with Gasteiger partial charge in [0.05, 0.1) is 0 Å².